The van der Waals surface area contributed by atoms with Crippen LogP contribution in [0.3, 0.4) is 0 Å². The number of phenols is 1. The van der Waals surface area contributed by atoms with E-state index in [9.17, 15) is 9.90 Å². The second kappa shape index (κ2) is 6.25. The molecular formula is C13H16BrNO4. The van der Waals surface area contributed by atoms with Gasteiger partial charge in [-0.15, -0.1) is 0 Å². The summed E-state index contributed by atoms with van der Waals surface area (Å²) in [7, 11) is 1.46. The number of benzene rings is 1. The van der Waals surface area contributed by atoms with Crippen LogP contribution in [0.5, 0.6) is 11.5 Å². The van der Waals surface area contributed by atoms with Gasteiger partial charge in [-0.2, -0.15) is 0 Å². The third-order valence-corrected chi connectivity index (χ3v) is 3.77. The summed E-state index contributed by atoms with van der Waals surface area (Å²) >= 11 is 3.35. The third-order valence-electron chi connectivity index (χ3n) is 3.05. The van der Waals surface area contributed by atoms with Gasteiger partial charge in [0.05, 0.1) is 25.4 Å². The number of carbonyl (C=O) groups excluding carboxylic acids is 1. The molecule has 1 fully saturated rings. The topological polar surface area (TPSA) is 59.0 Å². The summed E-state index contributed by atoms with van der Waals surface area (Å²) in [5.74, 6) is -0.0151. The Morgan fingerprint density at radius 1 is 1.63 bits per heavy atom. The average molecular weight is 330 g/mol. The van der Waals surface area contributed by atoms with Gasteiger partial charge >= 0.3 is 0 Å². The molecule has 2 rings (SSSR count). The van der Waals surface area contributed by atoms with E-state index in [-0.39, 0.29) is 23.3 Å². The predicted octanol–water partition coefficient (Wildman–Crippen LogP) is 1.64. The average Bonchev–Trinajstić information content (AvgIpc) is 2.47. The van der Waals surface area contributed by atoms with E-state index in [4.69, 9.17) is 9.47 Å². The number of hydrogen-bond acceptors (Lipinski definition) is 4. The SMILES string of the molecule is COc1cccc(C(=O)N2CCOC(CBr)C2)c1O. The van der Waals surface area contributed by atoms with E-state index in [1.807, 2.05) is 0 Å². The van der Waals surface area contributed by atoms with Crippen molar-refractivity contribution >= 4 is 21.8 Å². The molecule has 5 nitrogen and oxygen atoms in total. The Bertz CT molecular complexity index is 466. The van der Waals surface area contributed by atoms with E-state index in [1.165, 1.54) is 7.11 Å². The minimum absolute atomic E-state index is 0.00884. The van der Waals surface area contributed by atoms with Crippen LogP contribution in [0.25, 0.3) is 0 Å². The molecule has 6 heteroatoms. The fourth-order valence-corrected chi connectivity index (χ4v) is 2.42. The van der Waals surface area contributed by atoms with E-state index in [2.05, 4.69) is 15.9 Å². The number of hydrogen-bond donors (Lipinski definition) is 1. The molecule has 0 aromatic heterocycles. The molecule has 19 heavy (non-hydrogen) atoms. The van der Waals surface area contributed by atoms with Crippen LogP contribution in [0.1, 0.15) is 10.4 Å². The van der Waals surface area contributed by atoms with E-state index in [0.717, 1.165) is 0 Å². The lowest BCUT2D eigenvalue weighted by atomic mass is 10.1. The van der Waals surface area contributed by atoms with Crippen molar-refractivity contribution in [3.05, 3.63) is 23.8 Å². The van der Waals surface area contributed by atoms with Crippen molar-refractivity contribution in [1.82, 2.24) is 4.90 Å². The van der Waals surface area contributed by atoms with Gasteiger partial charge < -0.3 is 19.5 Å². The van der Waals surface area contributed by atoms with Crippen LogP contribution in [0.15, 0.2) is 18.2 Å². The number of amides is 1. The molecule has 0 saturated carbocycles. The molecule has 1 aromatic carbocycles. The zero-order chi connectivity index (χ0) is 13.8. The lowest BCUT2D eigenvalue weighted by Crippen LogP contribution is -2.46. The maximum Gasteiger partial charge on any atom is 0.257 e. The second-order valence-electron chi connectivity index (χ2n) is 4.25. The first-order valence-corrected chi connectivity index (χ1v) is 7.12. The van der Waals surface area contributed by atoms with Gasteiger partial charge in [0.2, 0.25) is 0 Å². The van der Waals surface area contributed by atoms with E-state index in [1.54, 1.807) is 23.1 Å². The van der Waals surface area contributed by atoms with Gasteiger partial charge in [0.15, 0.2) is 11.5 Å². The first-order chi connectivity index (χ1) is 9.17. The summed E-state index contributed by atoms with van der Waals surface area (Å²) in [4.78, 5) is 14.1. The largest absolute Gasteiger partial charge is 0.504 e. The van der Waals surface area contributed by atoms with E-state index in [0.29, 0.717) is 30.8 Å². The third kappa shape index (κ3) is 3.01. The fraction of sp³-hybridized carbons (Fsp3) is 0.462. The van der Waals surface area contributed by atoms with Gasteiger partial charge in [0.1, 0.15) is 0 Å². The van der Waals surface area contributed by atoms with Crippen LogP contribution in [0.4, 0.5) is 0 Å². The lowest BCUT2D eigenvalue weighted by Gasteiger charge is -2.32. The predicted molar refractivity (Wildman–Crippen MR) is 74.1 cm³/mol. The number of ether oxygens (including phenoxy) is 2. The highest BCUT2D eigenvalue weighted by Gasteiger charge is 2.26. The molecule has 1 amide bonds. The Kier molecular flexibility index (Phi) is 4.66. The monoisotopic (exact) mass is 329 g/mol. The molecule has 0 aliphatic carbocycles. The smallest absolute Gasteiger partial charge is 0.257 e. The van der Waals surface area contributed by atoms with Gasteiger partial charge in [0.25, 0.3) is 5.91 Å². The van der Waals surface area contributed by atoms with Crippen molar-refractivity contribution in [1.29, 1.82) is 0 Å². The van der Waals surface area contributed by atoms with E-state index >= 15 is 0 Å². The van der Waals surface area contributed by atoms with Crippen molar-refractivity contribution < 1.29 is 19.4 Å². The van der Waals surface area contributed by atoms with Crippen LogP contribution >= 0.6 is 15.9 Å². The minimum atomic E-state index is -0.203. The number of methoxy groups -OCH3 is 1. The van der Waals surface area contributed by atoms with Crippen molar-refractivity contribution in [2.45, 2.75) is 6.10 Å². The highest BCUT2D eigenvalue weighted by atomic mass is 79.9. The number of aromatic hydroxyl groups is 1. The second-order valence-corrected chi connectivity index (χ2v) is 4.90. The molecule has 1 unspecified atom stereocenters. The van der Waals surface area contributed by atoms with Gasteiger partial charge in [-0.1, -0.05) is 22.0 Å². The standard InChI is InChI=1S/C13H16BrNO4/c1-18-11-4-2-3-10(12(11)16)13(17)15-5-6-19-9(7-14)8-15/h2-4,9,16H,5-8H2,1H3. The summed E-state index contributed by atoms with van der Waals surface area (Å²) in [6, 6.07) is 4.90. The number of morpholine rings is 1. The van der Waals surface area contributed by atoms with Crippen LogP contribution in [-0.4, -0.2) is 54.2 Å². The molecule has 1 N–H and O–H groups in total. The Hall–Kier alpha value is -1.27. The van der Waals surface area contributed by atoms with Crippen molar-refractivity contribution in [2.24, 2.45) is 0 Å². The zero-order valence-electron chi connectivity index (χ0n) is 10.6. The normalized spacial score (nSPS) is 19.3. The van der Waals surface area contributed by atoms with Crippen molar-refractivity contribution in [3.8, 4) is 11.5 Å². The first-order valence-electron chi connectivity index (χ1n) is 6.00. The van der Waals surface area contributed by atoms with Gasteiger partial charge in [-0.25, -0.2) is 0 Å². The molecule has 0 spiro atoms. The van der Waals surface area contributed by atoms with Crippen LogP contribution in [-0.2, 0) is 4.74 Å². The van der Waals surface area contributed by atoms with Gasteiger partial charge in [-0.05, 0) is 12.1 Å². The number of alkyl halides is 1. The number of rotatable bonds is 3. The van der Waals surface area contributed by atoms with Crippen LogP contribution < -0.4 is 4.74 Å². The Labute approximate surface area is 120 Å². The molecule has 1 heterocycles. The highest BCUT2D eigenvalue weighted by molar-refractivity contribution is 9.09. The molecule has 1 saturated heterocycles. The van der Waals surface area contributed by atoms with E-state index < -0.39 is 0 Å². The molecule has 104 valence electrons. The Morgan fingerprint density at radius 3 is 3.11 bits per heavy atom. The van der Waals surface area contributed by atoms with Crippen LogP contribution in [0, 0.1) is 0 Å². The Balaban J connectivity index is 2.19. The highest BCUT2D eigenvalue weighted by Crippen LogP contribution is 2.30. The van der Waals surface area contributed by atoms with Gasteiger partial charge in [-0.3, -0.25) is 4.79 Å². The summed E-state index contributed by atoms with van der Waals surface area (Å²) in [5, 5.41) is 10.7. The molecule has 0 bridgehead atoms. The zero-order valence-corrected chi connectivity index (χ0v) is 12.2. The number of phenolic OH excluding ortho intramolecular Hbond substituents is 1. The number of carbonyl (C=O) groups is 1. The summed E-state index contributed by atoms with van der Waals surface area (Å²) in [6.45, 7) is 1.55. The molecule has 0 radical (unpaired) electrons. The van der Waals surface area contributed by atoms with Crippen LogP contribution in [0.2, 0.25) is 0 Å². The molecule has 1 aromatic rings. The molecule has 1 aliphatic heterocycles. The molecule has 1 aliphatic rings. The summed E-state index contributed by atoms with van der Waals surface area (Å²) < 4.78 is 10.5. The van der Waals surface area contributed by atoms with Crippen molar-refractivity contribution in [3.63, 3.8) is 0 Å². The minimum Gasteiger partial charge on any atom is -0.504 e. The number of para-hydroxylation sites is 1. The molecular weight excluding hydrogens is 314 g/mol. The number of nitrogens with zero attached hydrogens (tertiary/aromatic N) is 1. The Morgan fingerprint density at radius 2 is 2.42 bits per heavy atom. The summed E-state index contributed by atoms with van der Waals surface area (Å²) in [5.41, 5.74) is 0.259. The maximum atomic E-state index is 12.4. The van der Waals surface area contributed by atoms with Gasteiger partial charge in [0, 0.05) is 18.4 Å². The molecule has 1 atom stereocenters. The van der Waals surface area contributed by atoms with Crippen molar-refractivity contribution in [2.75, 3.05) is 32.1 Å². The quantitative estimate of drug-likeness (QED) is 0.856. The first kappa shape index (κ1) is 14.1. The summed E-state index contributed by atoms with van der Waals surface area (Å²) in [6.07, 6.45) is -0.00884. The lowest BCUT2D eigenvalue weighted by molar-refractivity contribution is -0.00976. The number of halogens is 1. The fourth-order valence-electron chi connectivity index (χ4n) is 2.03. The maximum absolute atomic E-state index is 12.4.